The van der Waals surface area contributed by atoms with Crippen LogP contribution in [0, 0.1) is 6.92 Å². The van der Waals surface area contributed by atoms with Gasteiger partial charge in [-0.2, -0.15) is 0 Å². The first kappa shape index (κ1) is 13.1. The highest BCUT2D eigenvalue weighted by molar-refractivity contribution is 9.10. The third-order valence-electron chi connectivity index (χ3n) is 2.46. The van der Waals surface area contributed by atoms with Crippen LogP contribution < -0.4 is 4.74 Å². The van der Waals surface area contributed by atoms with Crippen LogP contribution in [-0.2, 0) is 0 Å². The van der Waals surface area contributed by atoms with Gasteiger partial charge in [-0.05, 0) is 48.9 Å². The molecule has 0 saturated carbocycles. The van der Waals surface area contributed by atoms with Crippen molar-refractivity contribution in [1.29, 1.82) is 0 Å². The van der Waals surface area contributed by atoms with Gasteiger partial charge in [0.05, 0.1) is 5.56 Å². The molecule has 0 amide bonds. The molecular weight excluding hydrogens is 316 g/mol. The van der Waals surface area contributed by atoms with Crippen molar-refractivity contribution in [3.8, 4) is 11.5 Å². The van der Waals surface area contributed by atoms with Crippen molar-refractivity contribution in [3.05, 3.63) is 57.0 Å². The van der Waals surface area contributed by atoms with Gasteiger partial charge in [-0.3, -0.25) is 4.79 Å². The average Bonchev–Trinajstić information content (AvgIpc) is 2.34. The predicted octanol–water partition coefficient (Wildman–Crippen LogP) is 5.02. The minimum atomic E-state index is 0.499. The third kappa shape index (κ3) is 2.92. The monoisotopic (exact) mass is 324 g/mol. The number of benzene rings is 2. The molecule has 0 heterocycles. The molecule has 0 radical (unpaired) electrons. The molecule has 0 unspecified atom stereocenters. The van der Waals surface area contributed by atoms with E-state index in [1.165, 1.54) is 0 Å². The van der Waals surface area contributed by atoms with E-state index in [4.69, 9.17) is 16.3 Å². The van der Waals surface area contributed by atoms with Crippen molar-refractivity contribution < 1.29 is 9.53 Å². The summed E-state index contributed by atoms with van der Waals surface area (Å²) in [6, 6.07) is 10.6. The van der Waals surface area contributed by atoms with Crippen LogP contribution in [0.25, 0.3) is 0 Å². The van der Waals surface area contributed by atoms with Crippen molar-refractivity contribution in [2.24, 2.45) is 0 Å². The fraction of sp³-hybridized carbons (Fsp3) is 0.0714. The molecule has 2 nitrogen and oxygen atoms in total. The van der Waals surface area contributed by atoms with Gasteiger partial charge in [0, 0.05) is 9.50 Å². The van der Waals surface area contributed by atoms with Gasteiger partial charge in [-0.1, -0.05) is 27.5 Å². The van der Waals surface area contributed by atoms with Crippen LogP contribution >= 0.6 is 27.5 Å². The number of carbonyl (C=O) groups is 1. The summed E-state index contributed by atoms with van der Waals surface area (Å²) in [6.07, 6.45) is 0.769. The fourth-order valence-electron chi connectivity index (χ4n) is 1.55. The molecule has 2 aromatic carbocycles. The summed E-state index contributed by atoms with van der Waals surface area (Å²) in [4.78, 5) is 11.0. The number of halogens is 2. The maximum atomic E-state index is 11.0. The summed E-state index contributed by atoms with van der Waals surface area (Å²) in [6.45, 7) is 1.90. The zero-order valence-electron chi connectivity index (χ0n) is 9.61. The maximum absolute atomic E-state index is 11.0. The van der Waals surface area contributed by atoms with Crippen LogP contribution in [0.3, 0.4) is 0 Å². The van der Waals surface area contributed by atoms with E-state index in [1.54, 1.807) is 24.3 Å². The summed E-state index contributed by atoms with van der Waals surface area (Å²) >= 11 is 9.20. The second kappa shape index (κ2) is 5.55. The maximum Gasteiger partial charge on any atom is 0.153 e. The second-order valence-corrected chi connectivity index (χ2v) is 5.16. The summed E-state index contributed by atoms with van der Waals surface area (Å²) in [5, 5.41) is 0.659. The number of hydrogen-bond donors (Lipinski definition) is 0. The van der Waals surface area contributed by atoms with Crippen LogP contribution in [0.1, 0.15) is 15.9 Å². The molecule has 92 valence electrons. The Morgan fingerprint density at radius 1 is 1.17 bits per heavy atom. The number of aryl methyl sites for hydroxylation is 1. The van der Waals surface area contributed by atoms with Crippen LogP contribution in [0.5, 0.6) is 11.5 Å². The van der Waals surface area contributed by atoms with E-state index in [1.807, 2.05) is 19.1 Å². The normalized spacial score (nSPS) is 10.2. The molecule has 0 N–H and O–H groups in total. The Balaban J connectivity index is 2.36. The Kier molecular flexibility index (Phi) is 4.04. The number of hydrogen-bond acceptors (Lipinski definition) is 2. The topological polar surface area (TPSA) is 26.3 Å². The van der Waals surface area contributed by atoms with Gasteiger partial charge in [0.15, 0.2) is 6.29 Å². The molecule has 4 heteroatoms. The number of rotatable bonds is 3. The molecule has 0 aliphatic carbocycles. The van der Waals surface area contributed by atoms with Crippen molar-refractivity contribution in [2.45, 2.75) is 6.92 Å². The van der Waals surface area contributed by atoms with Crippen molar-refractivity contribution in [2.75, 3.05) is 0 Å². The van der Waals surface area contributed by atoms with Gasteiger partial charge in [-0.15, -0.1) is 0 Å². The smallest absolute Gasteiger partial charge is 0.153 e. The van der Waals surface area contributed by atoms with E-state index < -0.39 is 0 Å². The van der Waals surface area contributed by atoms with Gasteiger partial charge in [0.2, 0.25) is 0 Å². The zero-order valence-corrected chi connectivity index (χ0v) is 12.0. The first-order chi connectivity index (χ1) is 8.60. The average molecular weight is 326 g/mol. The third-order valence-corrected chi connectivity index (χ3v) is 3.18. The number of ether oxygens (including phenoxy) is 1. The first-order valence-electron chi connectivity index (χ1n) is 5.29. The molecule has 0 aliphatic heterocycles. The number of aldehydes is 1. The minimum Gasteiger partial charge on any atom is -0.456 e. The van der Waals surface area contributed by atoms with Gasteiger partial charge in [0.25, 0.3) is 0 Å². The van der Waals surface area contributed by atoms with Gasteiger partial charge >= 0.3 is 0 Å². The Hall–Kier alpha value is -1.32. The van der Waals surface area contributed by atoms with Gasteiger partial charge in [-0.25, -0.2) is 0 Å². The van der Waals surface area contributed by atoms with E-state index >= 15 is 0 Å². The molecule has 0 atom stereocenters. The zero-order chi connectivity index (χ0) is 13.1. The SMILES string of the molecule is Cc1cc(Cl)ccc1Oc1ccc(Br)cc1C=O. The molecule has 0 saturated heterocycles. The minimum absolute atomic E-state index is 0.499. The predicted molar refractivity (Wildman–Crippen MR) is 75.8 cm³/mol. The summed E-state index contributed by atoms with van der Waals surface area (Å²) in [7, 11) is 0. The van der Waals surface area contributed by atoms with Gasteiger partial charge in [0.1, 0.15) is 11.5 Å². The molecule has 2 aromatic rings. The lowest BCUT2D eigenvalue weighted by molar-refractivity contribution is 0.112. The molecular formula is C14H10BrClO2. The lowest BCUT2D eigenvalue weighted by Crippen LogP contribution is -1.92. The van der Waals surface area contributed by atoms with E-state index in [0.717, 1.165) is 16.3 Å². The molecule has 0 bridgehead atoms. The first-order valence-corrected chi connectivity index (χ1v) is 6.46. The van der Waals surface area contributed by atoms with E-state index in [-0.39, 0.29) is 0 Å². The van der Waals surface area contributed by atoms with Crippen LogP contribution in [-0.4, -0.2) is 6.29 Å². The number of carbonyl (C=O) groups excluding carboxylic acids is 1. The van der Waals surface area contributed by atoms with E-state index in [9.17, 15) is 4.79 Å². The summed E-state index contributed by atoms with van der Waals surface area (Å²) < 4.78 is 6.57. The summed E-state index contributed by atoms with van der Waals surface area (Å²) in [5.41, 5.74) is 1.42. The lowest BCUT2D eigenvalue weighted by atomic mass is 10.2. The van der Waals surface area contributed by atoms with Crippen molar-refractivity contribution >= 4 is 33.8 Å². The Labute approximate surface area is 119 Å². The molecule has 18 heavy (non-hydrogen) atoms. The molecule has 0 fully saturated rings. The Bertz CT molecular complexity index is 596. The standard InChI is InChI=1S/C14H10BrClO2/c1-9-6-12(16)3-5-13(9)18-14-4-2-11(15)7-10(14)8-17/h2-8H,1H3. The summed E-state index contributed by atoms with van der Waals surface area (Å²) in [5.74, 6) is 1.21. The molecule has 0 spiro atoms. The highest BCUT2D eigenvalue weighted by atomic mass is 79.9. The Morgan fingerprint density at radius 2 is 1.89 bits per heavy atom. The fourth-order valence-corrected chi connectivity index (χ4v) is 2.16. The molecule has 0 aromatic heterocycles. The van der Waals surface area contributed by atoms with E-state index in [2.05, 4.69) is 15.9 Å². The van der Waals surface area contributed by atoms with Crippen molar-refractivity contribution in [1.82, 2.24) is 0 Å². The quantitative estimate of drug-likeness (QED) is 0.741. The Morgan fingerprint density at radius 3 is 2.56 bits per heavy atom. The highest BCUT2D eigenvalue weighted by Gasteiger charge is 2.07. The molecule has 0 aliphatic rings. The van der Waals surface area contributed by atoms with Gasteiger partial charge < -0.3 is 4.74 Å². The van der Waals surface area contributed by atoms with Crippen LogP contribution in [0.4, 0.5) is 0 Å². The lowest BCUT2D eigenvalue weighted by Gasteiger charge is -2.10. The largest absolute Gasteiger partial charge is 0.456 e. The van der Waals surface area contributed by atoms with Crippen LogP contribution in [0.2, 0.25) is 5.02 Å². The second-order valence-electron chi connectivity index (χ2n) is 3.81. The molecule has 2 rings (SSSR count). The van der Waals surface area contributed by atoms with Crippen molar-refractivity contribution in [3.63, 3.8) is 0 Å². The van der Waals surface area contributed by atoms with E-state index in [0.29, 0.717) is 22.1 Å². The van der Waals surface area contributed by atoms with Crippen LogP contribution in [0.15, 0.2) is 40.9 Å². The highest BCUT2D eigenvalue weighted by Crippen LogP contribution is 2.30.